The van der Waals surface area contributed by atoms with Crippen molar-refractivity contribution in [1.29, 1.82) is 0 Å². The van der Waals surface area contributed by atoms with Crippen molar-refractivity contribution in [3.8, 4) is 0 Å². The molecule has 0 N–H and O–H groups in total. The summed E-state index contributed by atoms with van der Waals surface area (Å²) in [5.41, 5.74) is -1.46. The maximum absolute atomic E-state index is 12.9. The topological polar surface area (TPSA) is 118 Å². The van der Waals surface area contributed by atoms with Crippen molar-refractivity contribution in [2.24, 2.45) is 0 Å². The fourth-order valence-electron chi connectivity index (χ4n) is 3.82. The molecule has 0 fully saturated rings. The van der Waals surface area contributed by atoms with Gasteiger partial charge in [-0.3, -0.25) is 9.59 Å². The molecule has 0 saturated heterocycles. The highest BCUT2D eigenvalue weighted by molar-refractivity contribution is 5.92. The summed E-state index contributed by atoms with van der Waals surface area (Å²) in [7, 11) is 0. The molecule has 1 aliphatic rings. The normalized spacial score (nSPS) is 17.8. The summed E-state index contributed by atoms with van der Waals surface area (Å²) >= 11 is 0. The third-order valence-electron chi connectivity index (χ3n) is 5.53. The quantitative estimate of drug-likeness (QED) is 0.367. The number of hydroxylamine groups is 2. The summed E-state index contributed by atoms with van der Waals surface area (Å²) in [6.45, 7) is 10.8. The van der Waals surface area contributed by atoms with Crippen LogP contribution in [0, 0.1) is 0 Å². The Labute approximate surface area is 182 Å². The molecule has 0 aromatic carbocycles. The molecule has 1 rings (SSSR count). The second-order valence-corrected chi connectivity index (χ2v) is 7.22. The van der Waals surface area contributed by atoms with Crippen LogP contribution in [-0.2, 0) is 38.2 Å². The van der Waals surface area contributed by atoms with E-state index in [-0.39, 0.29) is 0 Å². The standard InChI is InChI=1S/C21H33NO9/c1-8-20(9-2)12-17(18(25)28-13-27-14(5)23)21(10-3,11-4)22(20)31-19(26)30-16(7)29-15(6)24/h12,16H,8-11,13H2,1-7H3. The Balaban J connectivity index is 3.22. The van der Waals surface area contributed by atoms with E-state index in [0.29, 0.717) is 31.3 Å². The van der Waals surface area contributed by atoms with Gasteiger partial charge in [-0.2, -0.15) is 0 Å². The van der Waals surface area contributed by atoms with E-state index in [1.54, 1.807) is 6.08 Å². The predicted octanol–water partition coefficient (Wildman–Crippen LogP) is 3.39. The van der Waals surface area contributed by atoms with Crippen molar-refractivity contribution in [3.63, 3.8) is 0 Å². The molecule has 1 unspecified atom stereocenters. The van der Waals surface area contributed by atoms with Gasteiger partial charge in [0.05, 0.1) is 16.7 Å². The first-order valence-corrected chi connectivity index (χ1v) is 10.4. The number of rotatable bonds is 10. The van der Waals surface area contributed by atoms with Crippen LogP contribution in [0.25, 0.3) is 0 Å². The summed E-state index contributed by atoms with van der Waals surface area (Å²) in [6, 6.07) is 0. The number of nitrogens with zero attached hydrogens (tertiary/aromatic N) is 1. The summed E-state index contributed by atoms with van der Waals surface area (Å²) in [4.78, 5) is 53.0. The smallest absolute Gasteiger partial charge is 0.428 e. The highest BCUT2D eigenvalue weighted by Gasteiger charge is 2.57. The van der Waals surface area contributed by atoms with Crippen molar-refractivity contribution in [2.45, 2.75) is 91.5 Å². The van der Waals surface area contributed by atoms with Gasteiger partial charge in [0.1, 0.15) is 0 Å². The highest BCUT2D eigenvalue weighted by atomic mass is 16.9. The van der Waals surface area contributed by atoms with Gasteiger partial charge in [-0.1, -0.05) is 27.7 Å². The molecule has 31 heavy (non-hydrogen) atoms. The minimum Gasteiger partial charge on any atom is -0.428 e. The lowest BCUT2D eigenvalue weighted by Crippen LogP contribution is -2.56. The summed E-state index contributed by atoms with van der Waals surface area (Å²) in [6.07, 6.45) is 1.45. The van der Waals surface area contributed by atoms with Gasteiger partial charge < -0.3 is 23.8 Å². The Hall–Kier alpha value is -2.62. The summed E-state index contributed by atoms with van der Waals surface area (Å²) in [5.74, 6) is -1.84. The predicted molar refractivity (Wildman–Crippen MR) is 108 cm³/mol. The van der Waals surface area contributed by atoms with Crippen molar-refractivity contribution >= 4 is 24.1 Å². The molecule has 0 radical (unpaired) electrons. The minimum atomic E-state index is -1.14. The molecule has 10 nitrogen and oxygen atoms in total. The Bertz CT molecular complexity index is 708. The second-order valence-electron chi connectivity index (χ2n) is 7.22. The van der Waals surface area contributed by atoms with Crippen molar-refractivity contribution in [1.82, 2.24) is 5.06 Å². The zero-order valence-corrected chi connectivity index (χ0v) is 19.3. The van der Waals surface area contributed by atoms with Crippen LogP contribution < -0.4 is 0 Å². The third-order valence-corrected chi connectivity index (χ3v) is 5.53. The van der Waals surface area contributed by atoms with Crippen molar-refractivity contribution in [2.75, 3.05) is 6.79 Å². The number of carbonyl (C=O) groups is 4. The molecular formula is C21H33NO9. The lowest BCUT2D eigenvalue weighted by atomic mass is 9.86. The van der Waals surface area contributed by atoms with Crippen LogP contribution in [0.15, 0.2) is 11.6 Å². The van der Waals surface area contributed by atoms with Crippen LogP contribution >= 0.6 is 0 Å². The van der Waals surface area contributed by atoms with E-state index in [1.807, 2.05) is 27.7 Å². The average Bonchev–Trinajstić information content (AvgIpc) is 2.97. The minimum absolute atomic E-state index is 0.314. The van der Waals surface area contributed by atoms with Crippen molar-refractivity contribution in [3.05, 3.63) is 11.6 Å². The molecule has 0 aromatic rings. The monoisotopic (exact) mass is 443 g/mol. The molecule has 1 aliphatic heterocycles. The third kappa shape index (κ3) is 5.96. The fourth-order valence-corrected chi connectivity index (χ4v) is 3.82. The SMILES string of the molecule is CCC1(CC)C=C(C(=O)OCOC(C)=O)C(CC)(CC)N1OC(=O)OC(C)OC(C)=O. The van der Waals surface area contributed by atoms with Crippen LogP contribution in [0.3, 0.4) is 0 Å². The van der Waals surface area contributed by atoms with E-state index in [0.717, 1.165) is 0 Å². The first kappa shape index (κ1) is 26.4. The van der Waals surface area contributed by atoms with E-state index < -0.39 is 48.2 Å². The molecule has 0 bridgehead atoms. The van der Waals surface area contributed by atoms with Crippen LogP contribution in [0.5, 0.6) is 0 Å². The van der Waals surface area contributed by atoms with Gasteiger partial charge in [0.15, 0.2) is 0 Å². The number of hydrogen-bond donors (Lipinski definition) is 0. The molecule has 10 heteroatoms. The van der Waals surface area contributed by atoms with Crippen LogP contribution in [-0.4, -0.2) is 53.3 Å². The van der Waals surface area contributed by atoms with Gasteiger partial charge in [0, 0.05) is 20.8 Å². The molecule has 1 heterocycles. The van der Waals surface area contributed by atoms with Gasteiger partial charge in [0.25, 0.3) is 0 Å². The zero-order valence-electron chi connectivity index (χ0n) is 19.3. The summed E-state index contributed by atoms with van der Waals surface area (Å²) in [5, 5.41) is 1.49. The highest BCUT2D eigenvalue weighted by Crippen LogP contribution is 2.48. The molecule has 176 valence electrons. The maximum Gasteiger partial charge on any atom is 0.531 e. The van der Waals surface area contributed by atoms with E-state index in [2.05, 4.69) is 0 Å². The van der Waals surface area contributed by atoms with E-state index in [9.17, 15) is 19.2 Å². The molecule has 0 aliphatic carbocycles. The molecule has 1 atom stereocenters. The maximum atomic E-state index is 12.9. The van der Waals surface area contributed by atoms with Crippen LogP contribution in [0.2, 0.25) is 0 Å². The van der Waals surface area contributed by atoms with Gasteiger partial charge >= 0.3 is 24.1 Å². The first-order chi connectivity index (χ1) is 14.5. The Morgan fingerprint density at radius 1 is 0.903 bits per heavy atom. The number of esters is 3. The number of ether oxygens (including phenoxy) is 4. The van der Waals surface area contributed by atoms with E-state index >= 15 is 0 Å². The van der Waals surface area contributed by atoms with Crippen LogP contribution in [0.1, 0.15) is 74.1 Å². The van der Waals surface area contributed by atoms with E-state index in [1.165, 1.54) is 25.8 Å². The van der Waals surface area contributed by atoms with E-state index in [4.69, 9.17) is 23.8 Å². The van der Waals surface area contributed by atoms with Gasteiger partial charge in [-0.25, -0.2) is 9.59 Å². The second kappa shape index (κ2) is 11.1. The van der Waals surface area contributed by atoms with Crippen LogP contribution in [0.4, 0.5) is 4.79 Å². The lowest BCUT2D eigenvalue weighted by Gasteiger charge is -2.44. The van der Waals surface area contributed by atoms with Gasteiger partial charge in [0.2, 0.25) is 13.1 Å². The molecule has 0 saturated carbocycles. The fraction of sp³-hybridized carbons (Fsp3) is 0.714. The van der Waals surface area contributed by atoms with Gasteiger partial charge in [-0.05, 0) is 31.8 Å². The zero-order chi connectivity index (χ0) is 23.8. The van der Waals surface area contributed by atoms with Crippen molar-refractivity contribution < 1.29 is 43.0 Å². The Morgan fingerprint density at radius 3 is 1.94 bits per heavy atom. The number of hydrogen-bond acceptors (Lipinski definition) is 10. The molecule has 0 aromatic heterocycles. The lowest BCUT2D eigenvalue weighted by molar-refractivity contribution is -0.235. The summed E-state index contributed by atoms with van der Waals surface area (Å²) < 4.78 is 19.7. The Morgan fingerprint density at radius 2 is 1.48 bits per heavy atom. The Kier molecular flexibility index (Phi) is 9.48. The van der Waals surface area contributed by atoms with Gasteiger partial charge in [-0.15, -0.1) is 5.06 Å². The molecule has 0 amide bonds. The first-order valence-electron chi connectivity index (χ1n) is 10.4. The largest absolute Gasteiger partial charge is 0.531 e. The molecular weight excluding hydrogens is 410 g/mol. The number of carbonyl (C=O) groups excluding carboxylic acids is 4. The molecule has 0 spiro atoms. The average molecular weight is 443 g/mol.